The Labute approximate surface area is 202 Å². The fourth-order valence-corrected chi connectivity index (χ4v) is 4.62. The third-order valence-electron chi connectivity index (χ3n) is 6.11. The summed E-state index contributed by atoms with van der Waals surface area (Å²) in [5.41, 5.74) is 4.81. The third-order valence-corrected chi connectivity index (χ3v) is 6.83. The van der Waals surface area contributed by atoms with Crippen LogP contribution in [0.15, 0.2) is 54.6 Å². The van der Waals surface area contributed by atoms with E-state index in [-0.39, 0.29) is 17.7 Å². The average molecular weight is 548 g/mol. The van der Waals surface area contributed by atoms with Crippen LogP contribution < -0.4 is 10.7 Å². The van der Waals surface area contributed by atoms with Crippen LogP contribution in [0.5, 0.6) is 0 Å². The van der Waals surface area contributed by atoms with Crippen LogP contribution in [0.3, 0.4) is 0 Å². The zero-order chi connectivity index (χ0) is 22.3. The van der Waals surface area contributed by atoms with Gasteiger partial charge in [-0.2, -0.15) is 0 Å². The van der Waals surface area contributed by atoms with Crippen LogP contribution >= 0.6 is 22.6 Å². The van der Waals surface area contributed by atoms with Gasteiger partial charge in [-0.25, -0.2) is 9.80 Å². The highest BCUT2D eigenvalue weighted by atomic mass is 127. The number of amides is 1. The fraction of sp³-hybridized carbons (Fsp3) is 0.417. The SMILES string of the molecule is O=C(NN1CNC(c2ccccc2)C1)OCCN1CCC(C(=O)c2ccc(I)cc2)CC1. The van der Waals surface area contributed by atoms with E-state index in [0.29, 0.717) is 26.4 Å². The lowest BCUT2D eigenvalue weighted by Crippen LogP contribution is -2.43. The maximum Gasteiger partial charge on any atom is 0.421 e. The molecule has 0 saturated carbocycles. The maximum atomic E-state index is 12.7. The minimum atomic E-state index is -0.427. The Hall–Kier alpha value is -2.01. The zero-order valence-corrected chi connectivity index (χ0v) is 20.2. The van der Waals surface area contributed by atoms with Crippen molar-refractivity contribution in [3.8, 4) is 0 Å². The number of benzene rings is 2. The Balaban J connectivity index is 1.12. The van der Waals surface area contributed by atoms with E-state index in [2.05, 4.69) is 50.4 Å². The molecule has 32 heavy (non-hydrogen) atoms. The Morgan fingerprint density at radius 3 is 2.50 bits per heavy atom. The van der Waals surface area contributed by atoms with E-state index in [0.717, 1.165) is 35.1 Å². The second-order valence-corrected chi connectivity index (χ2v) is 9.53. The molecule has 1 amide bonds. The number of Topliss-reactive ketones (excluding diaryl/α,β-unsaturated/α-hetero) is 1. The molecule has 2 aliphatic heterocycles. The highest BCUT2D eigenvalue weighted by Crippen LogP contribution is 2.22. The number of hydrazine groups is 1. The molecule has 2 N–H and O–H groups in total. The lowest BCUT2D eigenvalue weighted by molar-refractivity contribution is 0.0779. The molecule has 2 aliphatic rings. The summed E-state index contributed by atoms with van der Waals surface area (Å²) in [7, 11) is 0. The minimum Gasteiger partial charge on any atom is -0.447 e. The molecule has 0 aromatic heterocycles. The largest absolute Gasteiger partial charge is 0.447 e. The molecule has 8 heteroatoms. The average Bonchev–Trinajstić information content (AvgIpc) is 3.28. The van der Waals surface area contributed by atoms with E-state index in [4.69, 9.17) is 4.74 Å². The number of hydrogen-bond acceptors (Lipinski definition) is 6. The molecular weight excluding hydrogens is 519 g/mol. The standard InChI is InChI=1S/C24H29IN4O3/c25-21-8-6-19(7-9-21)23(30)20-10-12-28(13-11-20)14-15-32-24(31)27-29-16-22(26-17-29)18-4-2-1-3-5-18/h1-9,20,22,26H,10-17H2,(H,27,31). The molecule has 1 unspecified atom stereocenters. The van der Waals surface area contributed by atoms with Crippen LogP contribution in [0.2, 0.25) is 0 Å². The number of ketones is 1. The molecule has 0 radical (unpaired) electrons. The number of rotatable bonds is 7. The number of likely N-dealkylation sites (tertiary alicyclic amines) is 1. The van der Waals surface area contributed by atoms with Crippen LogP contribution in [-0.2, 0) is 4.74 Å². The van der Waals surface area contributed by atoms with Gasteiger partial charge in [0.2, 0.25) is 0 Å². The lowest BCUT2D eigenvalue weighted by atomic mass is 9.89. The predicted molar refractivity (Wildman–Crippen MR) is 131 cm³/mol. The maximum absolute atomic E-state index is 12.7. The molecule has 0 spiro atoms. The lowest BCUT2D eigenvalue weighted by Gasteiger charge is -2.31. The first-order valence-electron chi connectivity index (χ1n) is 11.1. The van der Waals surface area contributed by atoms with E-state index < -0.39 is 6.09 Å². The molecule has 2 fully saturated rings. The summed E-state index contributed by atoms with van der Waals surface area (Å²) in [6.07, 6.45) is 1.26. The van der Waals surface area contributed by atoms with Gasteiger partial charge in [0.25, 0.3) is 0 Å². The van der Waals surface area contributed by atoms with E-state index in [1.165, 1.54) is 5.56 Å². The van der Waals surface area contributed by atoms with Crippen molar-refractivity contribution in [2.75, 3.05) is 39.5 Å². The summed E-state index contributed by atoms with van der Waals surface area (Å²) in [6, 6.07) is 18.2. The van der Waals surface area contributed by atoms with Gasteiger partial charge in [0, 0.05) is 34.2 Å². The third kappa shape index (κ3) is 6.28. The molecule has 7 nitrogen and oxygen atoms in total. The molecule has 170 valence electrons. The second kappa shape index (κ2) is 11.2. The smallest absolute Gasteiger partial charge is 0.421 e. The summed E-state index contributed by atoms with van der Waals surface area (Å²) in [4.78, 5) is 27.1. The first-order chi connectivity index (χ1) is 15.6. The van der Waals surface area contributed by atoms with Crippen LogP contribution in [-0.4, -0.2) is 61.2 Å². The molecule has 2 aromatic carbocycles. The number of hydrogen-bond donors (Lipinski definition) is 2. The Bertz CT molecular complexity index is 901. The number of carbonyl (C=O) groups is 2. The second-order valence-electron chi connectivity index (χ2n) is 8.28. The van der Waals surface area contributed by atoms with Crippen molar-refractivity contribution in [2.24, 2.45) is 5.92 Å². The van der Waals surface area contributed by atoms with E-state index >= 15 is 0 Å². The number of nitrogens with zero attached hydrogens (tertiary/aromatic N) is 2. The first kappa shape index (κ1) is 23.2. The molecule has 1 atom stereocenters. The number of nitrogens with one attached hydrogen (secondary N) is 2. The topological polar surface area (TPSA) is 73.9 Å². The van der Waals surface area contributed by atoms with E-state index in [1.807, 2.05) is 47.5 Å². The van der Waals surface area contributed by atoms with Gasteiger partial charge in [0.05, 0.1) is 6.67 Å². The highest BCUT2D eigenvalue weighted by Gasteiger charge is 2.26. The summed E-state index contributed by atoms with van der Waals surface area (Å²) in [5, 5.41) is 5.22. The van der Waals surface area contributed by atoms with Crippen molar-refractivity contribution in [3.05, 3.63) is 69.3 Å². The number of carbonyl (C=O) groups excluding carboxylic acids is 2. The van der Waals surface area contributed by atoms with Crippen molar-refractivity contribution in [3.63, 3.8) is 0 Å². The predicted octanol–water partition coefficient (Wildman–Crippen LogP) is 3.43. The monoisotopic (exact) mass is 548 g/mol. The van der Waals surface area contributed by atoms with Crippen LogP contribution in [0.4, 0.5) is 4.79 Å². The van der Waals surface area contributed by atoms with Gasteiger partial charge in [-0.05, 0) is 66.2 Å². The van der Waals surface area contributed by atoms with Crippen LogP contribution in [0.25, 0.3) is 0 Å². The number of halogens is 1. The van der Waals surface area contributed by atoms with Crippen molar-refractivity contribution < 1.29 is 14.3 Å². The van der Waals surface area contributed by atoms with Gasteiger partial charge in [0.15, 0.2) is 5.78 Å². The van der Waals surface area contributed by atoms with E-state index in [9.17, 15) is 9.59 Å². The number of ether oxygens (including phenoxy) is 1. The first-order valence-corrected chi connectivity index (χ1v) is 12.1. The van der Waals surface area contributed by atoms with Gasteiger partial charge in [-0.15, -0.1) is 0 Å². The fourth-order valence-electron chi connectivity index (χ4n) is 4.26. The van der Waals surface area contributed by atoms with Crippen LogP contribution in [0, 0.1) is 9.49 Å². The van der Waals surface area contributed by atoms with Crippen molar-refractivity contribution in [1.82, 2.24) is 20.7 Å². The summed E-state index contributed by atoms with van der Waals surface area (Å²) in [6.45, 7) is 3.99. The number of piperidine rings is 1. The van der Waals surface area contributed by atoms with Gasteiger partial charge in [-0.1, -0.05) is 42.5 Å². The molecule has 4 rings (SSSR count). The minimum absolute atomic E-state index is 0.0794. The van der Waals surface area contributed by atoms with Gasteiger partial charge < -0.3 is 4.74 Å². The van der Waals surface area contributed by atoms with Gasteiger partial charge >= 0.3 is 6.09 Å². The molecular formula is C24H29IN4O3. The molecule has 2 aromatic rings. The summed E-state index contributed by atoms with van der Waals surface area (Å²) < 4.78 is 6.51. The molecule has 2 saturated heterocycles. The van der Waals surface area contributed by atoms with E-state index in [1.54, 1.807) is 0 Å². The molecule has 2 heterocycles. The quantitative estimate of drug-likeness (QED) is 0.408. The summed E-state index contributed by atoms with van der Waals surface area (Å²) in [5.74, 6) is 0.320. The highest BCUT2D eigenvalue weighted by molar-refractivity contribution is 14.1. The van der Waals surface area contributed by atoms with Crippen molar-refractivity contribution >= 4 is 34.5 Å². The normalized spacial score (nSPS) is 20.2. The zero-order valence-electron chi connectivity index (χ0n) is 18.0. The molecule has 0 bridgehead atoms. The Kier molecular flexibility index (Phi) is 8.12. The molecule has 0 aliphatic carbocycles. The van der Waals surface area contributed by atoms with Gasteiger partial charge in [-0.3, -0.25) is 20.4 Å². The van der Waals surface area contributed by atoms with Crippen molar-refractivity contribution in [2.45, 2.75) is 18.9 Å². The summed E-state index contributed by atoms with van der Waals surface area (Å²) >= 11 is 2.25. The Morgan fingerprint density at radius 2 is 1.78 bits per heavy atom. The van der Waals surface area contributed by atoms with Gasteiger partial charge in [0.1, 0.15) is 6.61 Å². The van der Waals surface area contributed by atoms with Crippen LogP contribution in [0.1, 0.15) is 34.8 Å². The Morgan fingerprint density at radius 1 is 1.06 bits per heavy atom. The van der Waals surface area contributed by atoms with Crippen molar-refractivity contribution in [1.29, 1.82) is 0 Å².